The molecule has 1 heterocycles. The van der Waals surface area contributed by atoms with Gasteiger partial charge >= 0.3 is 0 Å². The van der Waals surface area contributed by atoms with Crippen LogP contribution < -0.4 is 0 Å². The number of aliphatic hydroxyl groups excluding tert-OH is 1. The molecule has 0 radical (unpaired) electrons. The smallest absolute Gasteiger partial charge is 0.138 e. The van der Waals surface area contributed by atoms with Gasteiger partial charge in [0.2, 0.25) is 0 Å². The molecule has 1 aliphatic carbocycles. The van der Waals surface area contributed by atoms with Crippen LogP contribution in [-0.2, 0) is 11.5 Å². The zero-order valence-electron chi connectivity index (χ0n) is 14.5. The number of aryl methyl sites for hydroxylation is 1. The summed E-state index contributed by atoms with van der Waals surface area (Å²) in [4.78, 5) is 0. The summed E-state index contributed by atoms with van der Waals surface area (Å²) < 4.78 is 8.02. The fraction of sp³-hybridized carbons (Fsp3) is 0.875. The van der Waals surface area contributed by atoms with Crippen LogP contribution in [0.15, 0.2) is 0 Å². The lowest BCUT2D eigenvalue weighted by molar-refractivity contribution is 0.0813. The Hall–Kier alpha value is -0.723. The van der Waals surface area contributed by atoms with E-state index in [1.165, 1.54) is 6.04 Å². The van der Waals surface area contributed by atoms with Crippen LogP contribution in [0.4, 0.5) is 0 Å². The number of aromatic nitrogens is 3. The van der Waals surface area contributed by atoms with Crippen molar-refractivity contribution < 1.29 is 9.84 Å². The van der Waals surface area contributed by atoms with E-state index in [1.807, 2.05) is 6.92 Å². The lowest BCUT2D eigenvalue weighted by atomic mass is 9.82. The minimum Gasteiger partial charge on any atom is -0.396 e. The molecule has 1 aromatic heterocycles. The monoisotopic (exact) mass is 325 g/mol. The van der Waals surface area contributed by atoms with Gasteiger partial charge in [-0.05, 0) is 44.6 Å². The highest BCUT2D eigenvalue weighted by Gasteiger charge is 2.26. The van der Waals surface area contributed by atoms with Crippen molar-refractivity contribution in [1.82, 2.24) is 14.8 Å². The van der Waals surface area contributed by atoms with Crippen molar-refractivity contribution in [3.05, 3.63) is 11.6 Å². The molecule has 0 aromatic carbocycles. The van der Waals surface area contributed by atoms with Gasteiger partial charge in [-0.3, -0.25) is 4.57 Å². The summed E-state index contributed by atoms with van der Waals surface area (Å²) in [6.45, 7) is 10.8. The molecule has 2 rings (SSSR count). The van der Waals surface area contributed by atoms with Crippen LogP contribution in [0.2, 0.25) is 25.7 Å². The number of hydrogen-bond acceptors (Lipinski definition) is 4. The Morgan fingerprint density at radius 1 is 1.18 bits per heavy atom. The van der Waals surface area contributed by atoms with Crippen LogP contribution in [0.5, 0.6) is 0 Å². The van der Waals surface area contributed by atoms with E-state index in [2.05, 4.69) is 34.4 Å². The first-order valence-electron chi connectivity index (χ1n) is 8.49. The quantitative estimate of drug-likeness (QED) is 0.618. The van der Waals surface area contributed by atoms with Crippen molar-refractivity contribution in [2.45, 2.75) is 70.9 Å². The normalized spacial score (nSPS) is 23.0. The second-order valence-corrected chi connectivity index (χ2v) is 13.4. The predicted molar refractivity (Wildman–Crippen MR) is 90.6 cm³/mol. The molecule has 0 aliphatic heterocycles. The topological polar surface area (TPSA) is 60.2 Å². The van der Waals surface area contributed by atoms with E-state index >= 15 is 0 Å². The second kappa shape index (κ2) is 7.70. The summed E-state index contributed by atoms with van der Waals surface area (Å²) >= 11 is 0. The second-order valence-electron chi connectivity index (χ2n) is 7.78. The highest BCUT2D eigenvalue weighted by atomic mass is 28.3. The fourth-order valence-electron chi connectivity index (χ4n) is 3.00. The Morgan fingerprint density at radius 2 is 1.86 bits per heavy atom. The van der Waals surface area contributed by atoms with Gasteiger partial charge in [0.15, 0.2) is 0 Å². The van der Waals surface area contributed by atoms with E-state index in [4.69, 9.17) is 4.74 Å². The third kappa shape index (κ3) is 4.89. The van der Waals surface area contributed by atoms with Crippen LogP contribution in [0.25, 0.3) is 0 Å². The molecule has 0 atom stereocenters. The van der Waals surface area contributed by atoms with Crippen molar-refractivity contribution in [2.24, 2.45) is 5.92 Å². The fourth-order valence-corrected chi connectivity index (χ4v) is 3.75. The summed E-state index contributed by atoms with van der Waals surface area (Å²) in [6, 6.07) is 1.19. The molecule has 1 fully saturated rings. The van der Waals surface area contributed by atoms with Gasteiger partial charge < -0.3 is 9.84 Å². The first kappa shape index (κ1) is 17.6. The third-order valence-electron chi connectivity index (χ3n) is 4.65. The molecule has 1 aliphatic rings. The van der Waals surface area contributed by atoms with E-state index in [1.54, 1.807) is 0 Å². The number of rotatable bonds is 7. The lowest BCUT2D eigenvalue weighted by Crippen LogP contribution is -2.23. The zero-order chi connectivity index (χ0) is 16.2. The predicted octanol–water partition coefficient (Wildman–Crippen LogP) is 3.16. The average Bonchev–Trinajstić information content (AvgIpc) is 2.84. The van der Waals surface area contributed by atoms with Crippen LogP contribution in [0.1, 0.15) is 43.3 Å². The van der Waals surface area contributed by atoms with Crippen LogP contribution in [0, 0.1) is 12.8 Å². The maximum absolute atomic E-state index is 9.27. The molecule has 126 valence electrons. The number of nitrogens with zero attached hydrogens (tertiary/aromatic N) is 3. The maximum atomic E-state index is 9.27. The van der Waals surface area contributed by atoms with Gasteiger partial charge in [0.05, 0.1) is 0 Å². The number of aliphatic hydroxyl groups is 1. The Labute approximate surface area is 135 Å². The van der Waals surface area contributed by atoms with Crippen LogP contribution >= 0.6 is 0 Å². The van der Waals surface area contributed by atoms with Gasteiger partial charge in [0, 0.05) is 27.2 Å². The molecule has 0 saturated heterocycles. The molecular weight excluding hydrogens is 294 g/mol. The first-order chi connectivity index (χ1) is 10.4. The summed E-state index contributed by atoms with van der Waals surface area (Å²) in [5.41, 5.74) is 0. The van der Waals surface area contributed by atoms with Crippen molar-refractivity contribution in [1.29, 1.82) is 0 Å². The lowest BCUT2D eigenvalue weighted by Gasteiger charge is -2.27. The highest BCUT2D eigenvalue weighted by Crippen LogP contribution is 2.34. The molecule has 1 saturated carbocycles. The Kier molecular flexibility index (Phi) is 6.17. The molecule has 0 unspecified atom stereocenters. The molecule has 0 bridgehead atoms. The summed E-state index contributed by atoms with van der Waals surface area (Å²) in [5.74, 6) is 2.94. The molecule has 0 amide bonds. The molecule has 5 nitrogen and oxygen atoms in total. The van der Waals surface area contributed by atoms with Gasteiger partial charge in [0.1, 0.15) is 18.4 Å². The Morgan fingerprint density at radius 3 is 2.45 bits per heavy atom. The van der Waals surface area contributed by atoms with Gasteiger partial charge in [0.25, 0.3) is 0 Å². The largest absolute Gasteiger partial charge is 0.396 e. The van der Waals surface area contributed by atoms with E-state index in [0.29, 0.717) is 25.2 Å². The zero-order valence-corrected chi connectivity index (χ0v) is 15.5. The van der Waals surface area contributed by atoms with Gasteiger partial charge in [-0.15, -0.1) is 10.2 Å². The minimum atomic E-state index is -1.04. The van der Waals surface area contributed by atoms with Crippen molar-refractivity contribution in [3.63, 3.8) is 0 Å². The molecule has 0 spiro atoms. The first-order valence-corrected chi connectivity index (χ1v) is 12.2. The molecular formula is C16H31N3O2Si. The van der Waals surface area contributed by atoms with E-state index in [0.717, 1.165) is 43.9 Å². The van der Waals surface area contributed by atoms with Crippen molar-refractivity contribution in [3.8, 4) is 0 Å². The molecule has 1 N–H and O–H groups in total. The summed E-state index contributed by atoms with van der Waals surface area (Å²) in [5, 5.41) is 17.9. The van der Waals surface area contributed by atoms with Gasteiger partial charge in [-0.1, -0.05) is 19.6 Å². The average molecular weight is 326 g/mol. The highest BCUT2D eigenvalue weighted by molar-refractivity contribution is 6.76. The van der Waals surface area contributed by atoms with Crippen molar-refractivity contribution in [2.75, 3.05) is 13.2 Å². The molecule has 1 aromatic rings. The molecule has 22 heavy (non-hydrogen) atoms. The van der Waals surface area contributed by atoms with E-state index < -0.39 is 8.07 Å². The van der Waals surface area contributed by atoms with E-state index in [-0.39, 0.29) is 0 Å². The van der Waals surface area contributed by atoms with Gasteiger partial charge in [-0.25, -0.2) is 0 Å². The van der Waals surface area contributed by atoms with Gasteiger partial charge in [-0.2, -0.15) is 0 Å². The Balaban J connectivity index is 1.91. The standard InChI is InChI=1S/C16H31N3O2Si/c1-13-17-18-16(15-7-5-14(11-20)6-8-15)19(13)12-21-9-10-22(2,3)4/h14-15,20H,5-12H2,1-4H3. The summed E-state index contributed by atoms with van der Waals surface area (Å²) in [7, 11) is -1.04. The van der Waals surface area contributed by atoms with E-state index in [9.17, 15) is 5.11 Å². The maximum Gasteiger partial charge on any atom is 0.138 e. The Bertz CT molecular complexity index is 462. The van der Waals surface area contributed by atoms with Crippen LogP contribution in [0.3, 0.4) is 0 Å². The summed E-state index contributed by atoms with van der Waals surface area (Å²) in [6.07, 6.45) is 4.36. The van der Waals surface area contributed by atoms with Crippen molar-refractivity contribution >= 4 is 8.07 Å². The number of ether oxygens (including phenoxy) is 1. The third-order valence-corrected chi connectivity index (χ3v) is 6.36. The number of hydrogen-bond donors (Lipinski definition) is 1. The van der Waals surface area contributed by atoms with Crippen LogP contribution in [-0.4, -0.2) is 41.2 Å². The minimum absolute atomic E-state index is 0.318. The molecule has 6 heteroatoms. The SMILES string of the molecule is Cc1nnc(C2CCC(CO)CC2)n1COCC[Si](C)(C)C.